The molecule has 0 aromatic heterocycles. The largest absolute Gasteiger partial charge is 0.368 e. The predicted octanol–water partition coefficient (Wildman–Crippen LogP) is -0.0643. The smallest absolute Gasteiger partial charge is 0.234 e. The molecule has 1 saturated heterocycles. The van der Waals surface area contributed by atoms with Crippen LogP contribution in [0.25, 0.3) is 0 Å². The molecule has 0 bridgehead atoms. The molecule has 0 aromatic carbocycles. The highest BCUT2D eigenvalue weighted by Crippen LogP contribution is 2.09. The van der Waals surface area contributed by atoms with E-state index in [0.717, 1.165) is 45.4 Å². The third kappa shape index (κ3) is 3.27. The summed E-state index contributed by atoms with van der Waals surface area (Å²) in [7, 11) is 0. The SMILES string of the molecule is CCCCC(C(N)=O)N1CCNCC1. The summed E-state index contributed by atoms with van der Waals surface area (Å²) in [5, 5.41) is 3.27. The highest BCUT2D eigenvalue weighted by atomic mass is 16.1. The van der Waals surface area contributed by atoms with Crippen molar-refractivity contribution in [2.45, 2.75) is 32.2 Å². The molecule has 1 amide bonds. The third-order valence-electron chi connectivity index (χ3n) is 2.75. The van der Waals surface area contributed by atoms with Gasteiger partial charge in [-0.05, 0) is 6.42 Å². The molecule has 0 aliphatic carbocycles. The lowest BCUT2D eigenvalue weighted by Gasteiger charge is -2.33. The fourth-order valence-corrected chi connectivity index (χ4v) is 1.90. The Morgan fingerprint density at radius 1 is 1.50 bits per heavy atom. The molecule has 14 heavy (non-hydrogen) atoms. The zero-order chi connectivity index (χ0) is 10.4. The summed E-state index contributed by atoms with van der Waals surface area (Å²) < 4.78 is 0. The number of unbranched alkanes of at least 4 members (excludes halogenated alkanes) is 1. The zero-order valence-corrected chi connectivity index (χ0v) is 8.96. The maximum atomic E-state index is 11.3. The Bertz CT molecular complexity index is 178. The molecule has 1 fully saturated rings. The fourth-order valence-electron chi connectivity index (χ4n) is 1.90. The quantitative estimate of drug-likeness (QED) is 0.652. The molecular formula is C10H21N3O. The Morgan fingerprint density at radius 3 is 2.64 bits per heavy atom. The van der Waals surface area contributed by atoms with Crippen molar-refractivity contribution in [3.8, 4) is 0 Å². The van der Waals surface area contributed by atoms with E-state index in [0.29, 0.717) is 0 Å². The Morgan fingerprint density at radius 2 is 2.14 bits per heavy atom. The van der Waals surface area contributed by atoms with Gasteiger partial charge in [-0.25, -0.2) is 0 Å². The first-order valence-electron chi connectivity index (χ1n) is 5.49. The molecule has 1 aliphatic heterocycles. The highest BCUT2D eigenvalue weighted by molar-refractivity contribution is 5.79. The maximum absolute atomic E-state index is 11.3. The Kier molecular flexibility index (Phi) is 4.90. The van der Waals surface area contributed by atoms with Crippen molar-refractivity contribution in [3.63, 3.8) is 0 Å². The second kappa shape index (κ2) is 5.98. The van der Waals surface area contributed by atoms with E-state index in [2.05, 4.69) is 17.1 Å². The van der Waals surface area contributed by atoms with Crippen LogP contribution in [0.15, 0.2) is 0 Å². The maximum Gasteiger partial charge on any atom is 0.234 e. The second-order valence-electron chi connectivity index (χ2n) is 3.85. The van der Waals surface area contributed by atoms with Crippen molar-refractivity contribution in [2.24, 2.45) is 5.73 Å². The average Bonchev–Trinajstić information content (AvgIpc) is 2.19. The van der Waals surface area contributed by atoms with E-state index in [9.17, 15) is 4.79 Å². The number of primary amides is 1. The third-order valence-corrected chi connectivity index (χ3v) is 2.75. The molecule has 0 saturated carbocycles. The van der Waals surface area contributed by atoms with Crippen molar-refractivity contribution in [2.75, 3.05) is 26.2 Å². The highest BCUT2D eigenvalue weighted by Gasteiger charge is 2.24. The molecule has 1 heterocycles. The predicted molar refractivity (Wildman–Crippen MR) is 57.0 cm³/mol. The van der Waals surface area contributed by atoms with Crippen LogP contribution in [-0.4, -0.2) is 43.0 Å². The van der Waals surface area contributed by atoms with Gasteiger partial charge in [0.05, 0.1) is 6.04 Å². The number of hydrogen-bond acceptors (Lipinski definition) is 3. The fraction of sp³-hybridized carbons (Fsp3) is 0.900. The van der Waals surface area contributed by atoms with Gasteiger partial charge in [0, 0.05) is 26.2 Å². The number of amides is 1. The van der Waals surface area contributed by atoms with Gasteiger partial charge in [-0.15, -0.1) is 0 Å². The number of carbonyl (C=O) groups excluding carboxylic acids is 1. The van der Waals surface area contributed by atoms with E-state index in [1.54, 1.807) is 0 Å². The van der Waals surface area contributed by atoms with Crippen LogP contribution in [0.5, 0.6) is 0 Å². The minimum Gasteiger partial charge on any atom is -0.368 e. The summed E-state index contributed by atoms with van der Waals surface area (Å²) in [6, 6.07) is -0.0444. The van der Waals surface area contributed by atoms with Crippen LogP contribution in [0.4, 0.5) is 0 Å². The van der Waals surface area contributed by atoms with Crippen LogP contribution in [-0.2, 0) is 4.79 Å². The van der Waals surface area contributed by atoms with Crippen molar-refractivity contribution in [1.29, 1.82) is 0 Å². The molecule has 82 valence electrons. The summed E-state index contributed by atoms with van der Waals surface area (Å²) in [4.78, 5) is 13.5. The summed E-state index contributed by atoms with van der Waals surface area (Å²) in [5.74, 6) is -0.166. The number of carbonyl (C=O) groups is 1. The molecular weight excluding hydrogens is 178 g/mol. The van der Waals surface area contributed by atoms with Gasteiger partial charge in [0.2, 0.25) is 5.91 Å². The van der Waals surface area contributed by atoms with E-state index in [1.807, 2.05) is 0 Å². The van der Waals surface area contributed by atoms with Gasteiger partial charge in [-0.2, -0.15) is 0 Å². The van der Waals surface area contributed by atoms with Gasteiger partial charge in [-0.1, -0.05) is 19.8 Å². The van der Waals surface area contributed by atoms with E-state index in [-0.39, 0.29) is 11.9 Å². The van der Waals surface area contributed by atoms with Crippen LogP contribution < -0.4 is 11.1 Å². The van der Waals surface area contributed by atoms with E-state index < -0.39 is 0 Å². The monoisotopic (exact) mass is 199 g/mol. The Balaban J connectivity index is 2.43. The van der Waals surface area contributed by atoms with Gasteiger partial charge in [-0.3, -0.25) is 9.69 Å². The first-order chi connectivity index (χ1) is 6.75. The van der Waals surface area contributed by atoms with Crippen molar-refractivity contribution in [3.05, 3.63) is 0 Å². The Hall–Kier alpha value is -0.610. The molecule has 4 nitrogen and oxygen atoms in total. The van der Waals surface area contributed by atoms with Gasteiger partial charge in [0.15, 0.2) is 0 Å². The van der Waals surface area contributed by atoms with Crippen LogP contribution in [0.1, 0.15) is 26.2 Å². The number of nitrogens with zero attached hydrogens (tertiary/aromatic N) is 1. The van der Waals surface area contributed by atoms with E-state index >= 15 is 0 Å². The first-order valence-corrected chi connectivity index (χ1v) is 5.49. The molecule has 4 heteroatoms. The summed E-state index contributed by atoms with van der Waals surface area (Å²) >= 11 is 0. The standard InChI is InChI=1S/C10H21N3O/c1-2-3-4-9(10(11)14)13-7-5-12-6-8-13/h9,12H,2-8H2,1H3,(H2,11,14). The van der Waals surface area contributed by atoms with Gasteiger partial charge >= 0.3 is 0 Å². The minimum absolute atomic E-state index is 0.0444. The first kappa shape index (κ1) is 11.5. The normalized spacial score (nSPS) is 20.6. The second-order valence-corrected chi connectivity index (χ2v) is 3.85. The molecule has 0 aromatic rings. The molecule has 3 N–H and O–H groups in total. The van der Waals surface area contributed by atoms with Gasteiger partial charge in [0.25, 0.3) is 0 Å². The Labute approximate surface area is 85.8 Å². The van der Waals surface area contributed by atoms with Crippen molar-refractivity contribution in [1.82, 2.24) is 10.2 Å². The molecule has 1 unspecified atom stereocenters. The average molecular weight is 199 g/mol. The zero-order valence-electron chi connectivity index (χ0n) is 8.96. The van der Waals surface area contributed by atoms with E-state index in [1.165, 1.54) is 0 Å². The van der Waals surface area contributed by atoms with Crippen LogP contribution in [0, 0.1) is 0 Å². The summed E-state index contributed by atoms with van der Waals surface area (Å²) in [5.41, 5.74) is 5.41. The summed E-state index contributed by atoms with van der Waals surface area (Å²) in [6.07, 6.45) is 3.11. The number of hydrogen-bond donors (Lipinski definition) is 2. The lowest BCUT2D eigenvalue weighted by molar-refractivity contribution is -0.123. The van der Waals surface area contributed by atoms with Crippen LogP contribution in [0.2, 0.25) is 0 Å². The van der Waals surface area contributed by atoms with Crippen LogP contribution in [0.3, 0.4) is 0 Å². The van der Waals surface area contributed by atoms with Crippen molar-refractivity contribution >= 4 is 5.91 Å². The van der Waals surface area contributed by atoms with Gasteiger partial charge in [0.1, 0.15) is 0 Å². The molecule has 1 aliphatic rings. The van der Waals surface area contributed by atoms with Crippen molar-refractivity contribution < 1.29 is 4.79 Å². The number of nitrogens with one attached hydrogen (secondary N) is 1. The van der Waals surface area contributed by atoms with Crippen LogP contribution >= 0.6 is 0 Å². The summed E-state index contributed by atoms with van der Waals surface area (Å²) in [6.45, 7) is 5.95. The number of rotatable bonds is 5. The molecule has 1 atom stereocenters. The lowest BCUT2D eigenvalue weighted by atomic mass is 10.1. The topological polar surface area (TPSA) is 58.4 Å². The van der Waals surface area contributed by atoms with Gasteiger partial charge < -0.3 is 11.1 Å². The minimum atomic E-state index is -0.166. The molecule has 1 rings (SSSR count). The molecule has 0 spiro atoms. The molecule has 0 radical (unpaired) electrons. The lowest BCUT2D eigenvalue weighted by Crippen LogP contribution is -2.52. The number of nitrogens with two attached hydrogens (primary N) is 1. The number of piperazine rings is 1. The van der Waals surface area contributed by atoms with E-state index in [4.69, 9.17) is 5.73 Å².